The van der Waals surface area contributed by atoms with Gasteiger partial charge < -0.3 is 5.21 Å². The number of fused-ring (bicyclic) bond motifs is 1. The van der Waals surface area contributed by atoms with Gasteiger partial charge in [0.2, 0.25) is 5.69 Å². The van der Waals surface area contributed by atoms with E-state index in [4.69, 9.17) is 23.2 Å². The van der Waals surface area contributed by atoms with Gasteiger partial charge in [0.05, 0.1) is 15.6 Å². The Balaban J connectivity index is 2.19. The van der Waals surface area contributed by atoms with Gasteiger partial charge in [-0.05, 0) is 30.3 Å². The van der Waals surface area contributed by atoms with E-state index in [0.29, 0.717) is 10.3 Å². The van der Waals surface area contributed by atoms with E-state index in [9.17, 15) is 14.4 Å². The summed E-state index contributed by atoms with van der Waals surface area (Å²) >= 11 is 11.7. The lowest BCUT2D eigenvalue weighted by molar-refractivity contribution is -0.355. The van der Waals surface area contributed by atoms with Gasteiger partial charge in [-0.3, -0.25) is 4.79 Å². The van der Waals surface area contributed by atoms with Crippen molar-refractivity contribution in [1.82, 2.24) is 0 Å². The van der Waals surface area contributed by atoms with Crippen molar-refractivity contribution in [2.45, 2.75) is 0 Å². The van der Waals surface area contributed by atoms with Gasteiger partial charge in [0, 0.05) is 6.07 Å². The molecule has 100 valence electrons. The van der Waals surface area contributed by atoms with Crippen LogP contribution in [0.4, 0.5) is 10.1 Å². The maximum absolute atomic E-state index is 12.9. The quantitative estimate of drug-likeness (QED) is 0.591. The Hall–Kier alpha value is -1.91. The molecule has 0 aromatic heterocycles. The number of Topliss-reactive ketones (excluding diaryl/α,β-unsaturated/α-hetero) is 1. The predicted molar refractivity (Wildman–Crippen MR) is 74.6 cm³/mol. The molecule has 0 aliphatic carbocycles. The number of carbonyl (C=O) groups is 1. The van der Waals surface area contributed by atoms with Crippen molar-refractivity contribution >= 4 is 40.4 Å². The molecule has 6 heteroatoms. The first kappa shape index (κ1) is 13.1. The topological polar surface area (TPSA) is 43.1 Å². The lowest BCUT2D eigenvalue weighted by Crippen LogP contribution is -2.16. The summed E-state index contributed by atoms with van der Waals surface area (Å²) in [6.07, 6.45) is 0. The van der Waals surface area contributed by atoms with Crippen molar-refractivity contribution in [3.05, 3.63) is 68.6 Å². The van der Waals surface area contributed by atoms with Crippen LogP contribution in [0, 0.1) is 11.0 Å². The Kier molecular flexibility index (Phi) is 3.00. The summed E-state index contributed by atoms with van der Waals surface area (Å²) in [6, 6.07) is 7.84. The highest BCUT2D eigenvalue weighted by Gasteiger charge is 2.37. The number of carbonyl (C=O) groups excluding carboxylic acids is 1. The highest BCUT2D eigenvalue weighted by atomic mass is 35.5. The molecule has 2 aromatic rings. The molecule has 0 saturated heterocycles. The van der Waals surface area contributed by atoms with Crippen LogP contribution in [-0.2, 0) is 0 Å². The minimum absolute atomic E-state index is 0.0710. The number of ketones is 1. The molecule has 0 fully saturated rings. The van der Waals surface area contributed by atoms with Crippen LogP contribution in [0.1, 0.15) is 15.9 Å². The normalized spacial score (nSPS) is 13.8. The van der Waals surface area contributed by atoms with Gasteiger partial charge in [-0.1, -0.05) is 23.2 Å². The zero-order valence-corrected chi connectivity index (χ0v) is 11.4. The van der Waals surface area contributed by atoms with E-state index in [2.05, 4.69) is 0 Å². The van der Waals surface area contributed by atoms with Crippen LogP contribution in [0.2, 0.25) is 10.0 Å². The van der Waals surface area contributed by atoms with Crippen LogP contribution >= 0.6 is 23.2 Å². The molecule has 0 atom stereocenters. The number of rotatable bonds is 1. The average molecular weight is 310 g/mol. The minimum Gasteiger partial charge on any atom is -0.618 e. The maximum atomic E-state index is 12.9. The fourth-order valence-corrected chi connectivity index (χ4v) is 2.40. The summed E-state index contributed by atoms with van der Waals surface area (Å²) in [7, 11) is 0. The number of nitrogens with zero attached hydrogens (tertiary/aromatic N) is 1. The SMILES string of the molecule is O=C1C(c2ccc(F)cc2)=[N+]([O-])c2cc(Cl)c(Cl)cc21. The van der Waals surface area contributed by atoms with Crippen molar-refractivity contribution in [2.75, 3.05) is 0 Å². The van der Waals surface area contributed by atoms with Crippen molar-refractivity contribution in [2.24, 2.45) is 0 Å². The molecule has 3 nitrogen and oxygen atoms in total. The fourth-order valence-electron chi connectivity index (χ4n) is 2.08. The Morgan fingerprint density at radius 2 is 1.65 bits per heavy atom. The van der Waals surface area contributed by atoms with Crippen LogP contribution in [0.3, 0.4) is 0 Å². The highest BCUT2D eigenvalue weighted by Crippen LogP contribution is 2.35. The first-order valence-corrected chi connectivity index (χ1v) is 6.38. The van der Waals surface area contributed by atoms with Crippen LogP contribution in [0.25, 0.3) is 0 Å². The first-order valence-electron chi connectivity index (χ1n) is 5.63. The van der Waals surface area contributed by atoms with E-state index in [0.717, 1.165) is 0 Å². The van der Waals surface area contributed by atoms with Gasteiger partial charge in [-0.25, -0.2) is 4.39 Å². The summed E-state index contributed by atoms with van der Waals surface area (Å²) in [5.74, 6) is -0.902. The summed E-state index contributed by atoms with van der Waals surface area (Å²) in [5, 5.41) is 12.6. The molecule has 0 N–H and O–H groups in total. The summed E-state index contributed by atoms with van der Waals surface area (Å²) in [6.45, 7) is 0. The van der Waals surface area contributed by atoms with Crippen LogP contribution in [0.5, 0.6) is 0 Å². The number of benzene rings is 2. The van der Waals surface area contributed by atoms with Crippen LogP contribution in [0.15, 0.2) is 36.4 Å². The predicted octanol–water partition coefficient (Wildman–Crippen LogP) is 3.96. The van der Waals surface area contributed by atoms with Gasteiger partial charge in [0.15, 0.2) is 0 Å². The van der Waals surface area contributed by atoms with Crippen LogP contribution in [-0.4, -0.2) is 16.2 Å². The second-order valence-corrected chi connectivity index (χ2v) is 5.08. The lowest BCUT2D eigenvalue weighted by atomic mass is 10.0. The standard InChI is InChI=1S/C14H6Cl2FNO2/c15-10-5-9-12(6-11(10)16)18(20)13(14(9)19)7-1-3-8(17)4-2-7/h1-6H. The van der Waals surface area contributed by atoms with Gasteiger partial charge in [-0.2, -0.15) is 4.74 Å². The molecule has 1 aliphatic heterocycles. The third kappa shape index (κ3) is 1.88. The van der Waals surface area contributed by atoms with Crippen LogP contribution < -0.4 is 0 Å². The Morgan fingerprint density at radius 3 is 2.30 bits per heavy atom. The maximum Gasteiger partial charge on any atom is 0.272 e. The Morgan fingerprint density at radius 1 is 1.05 bits per heavy atom. The number of halogens is 3. The number of hydrogen-bond donors (Lipinski definition) is 0. The molecule has 0 saturated carbocycles. The van der Waals surface area contributed by atoms with E-state index in [-0.39, 0.29) is 27.0 Å². The first-order chi connectivity index (χ1) is 9.49. The lowest BCUT2D eigenvalue weighted by Gasteiger charge is -2.02. The molecule has 1 aliphatic rings. The zero-order valence-electron chi connectivity index (χ0n) is 9.86. The number of hydrogen-bond acceptors (Lipinski definition) is 2. The average Bonchev–Trinajstić information content (AvgIpc) is 2.65. The van der Waals surface area contributed by atoms with E-state index >= 15 is 0 Å². The van der Waals surface area contributed by atoms with E-state index < -0.39 is 11.6 Å². The van der Waals surface area contributed by atoms with E-state index in [1.54, 1.807) is 0 Å². The third-order valence-electron chi connectivity index (χ3n) is 3.04. The molecular weight excluding hydrogens is 304 g/mol. The molecule has 0 amide bonds. The monoisotopic (exact) mass is 309 g/mol. The Labute approximate surface area is 123 Å². The molecule has 2 aromatic carbocycles. The van der Waals surface area contributed by atoms with Crippen molar-refractivity contribution in [3.8, 4) is 0 Å². The summed E-state index contributed by atoms with van der Waals surface area (Å²) in [5.41, 5.74) is 0.602. The largest absolute Gasteiger partial charge is 0.618 e. The van der Waals surface area contributed by atoms with Crippen molar-refractivity contribution in [3.63, 3.8) is 0 Å². The molecule has 3 rings (SSSR count). The second kappa shape index (κ2) is 4.58. The molecule has 0 spiro atoms. The smallest absolute Gasteiger partial charge is 0.272 e. The van der Waals surface area contributed by atoms with Gasteiger partial charge in [0.25, 0.3) is 11.5 Å². The summed E-state index contributed by atoms with van der Waals surface area (Å²) in [4.78, 5) is 12.3. The van der Waals surface area contributed by atoms with Crippen molar-refractivity contribution in [1.29, 1.82) is 0 Å². The minimum atomic E-state index is -0.458. The highest BCUT2D eigenvalue weighted by molar-refractivity contribution is 6.53. The van der Waals surface area contributed by atoms with Gasteiger partial charge in [-0.15, -0.1) is 0 Å². The molecule has 0 radical (unpaired) electrons. The molecule has 20 heavy (non-hydrogen) atoms. The zero-order chi connectivity index (χ0) is 14.4. The third-order valence-corrected chi connectivity index (χ3v) is 3.76. The fraction of sp³-hybridized carbons (Fsp3) is 0. The molecule has 1 heterocycles. The van der Waals surface area contributed by atoms with Gasteiger partial charge in [0.1, 0.15) is 11.4 Å². The molecule has 0 bridgehead atoms. The van der Waals surface area contributed by atoms with E-state index in [1.807, 2.05) is 0 Å². The van der Waals surface area contributed by atoms with Gasteiger partial charge >= 0.3 is 0 Å². The van der Waals surface area contributed by atoms with Crippen molar-refractivity contribution < 1.29 is 13.9 Å². The summed E-state index contributed by atoms with van der Waals surface area (Å²) < 4.78 is 13.4. The van der Waals surface area contributed by atoms with E-state index in [1.165, 1.54) is 36.4 Å². The Bertz CT molecular complexity index is 769. The molecular formula is C14H6Cl2FNO2. The molecule has 0 unspecified atom stereocenters. The second-order valence-electron chi connectivity index (χ2n) is 4.26.